The van der Waals surface area contributed by atoms with Crippen molar-refractivity contribution in [1.29, 1.82) is 0 Å². The summed E-state index contributed by atoms with van der Waals surface area (Å²) in [6, 6.07) is 5.35. The Morgan fingerprint density at radius 3 is 2.71 bits per heavy atom. The van der Waals surface area contributed by atoms with Crippen LogP contribution in [-0.4, -0.2) is 0 Å². The predicted molar refractivity (Wildman–Crippen MR) is 78.2 cm³/mol. The highest BCUT2D eigenvalue weighted by molar-refractivity contribution is 9.11. The zero-order chi connectivity index (χ0) is 12.4. The van der Waals surface area contributed by atoms with Gasteiger partial charge in [-0.3, -0.25) is 0 Å². The van der Waals surface area contributed by atoms with E-state index < -0.39 is 0 Å². The monoisotopic (exact) mass is 377 g/mol. The number of rotatable bonds is 3. The van der Waals surface area contributed by atoms with Gasteiger partial charge >= 0.3 is 0 Å². The molecule has 0 aliphatic rings. The largest absolute Gasteiger partial charge is 0.381 e. The highest BCUT2D eigenvalue weighted by Gasteiger charge is 2.05. The van der Waals surface area contributed by atoms with Crippen LogP contribution in [0.5, 0.6) is 0 Å². The minimum atomic E-state index is -0.246. The average Bonchev–Trinajstić information content (AvgIpc) is 2.68. The van der Waals surface area contributed by atoms with E-state index in [1.54, 1.807) is 17.4 Å². The van der Waals surface area contributed by atoms with E-state index in [0.717, 1.165) is 15.0 Å². The van der Waals surface area contributed by atoms with E-state index in [-0.39, 0.29) is 5.82 Å². The first kappa shape index (κ1) is 13.1. The minimum Gasteiger partial charge on any atom is -0.381 e. The van der Waals surface area contributed by atoms with Crippen LogP contribution in [0.3, 0.4) is 0 Å². The van der Waals surface area contributed by atoms with Crippen LogP contribution in [0.15, 0.2) is 31.8 Å². The molecule has 0 spiro atoms. The van der Waals surface area contributed by atoms with Crippen molar-refractivity contribution in [2.45, 2.75) is 13.5 Å². The quantitative estimate of drug-likeness (QED) is 0.760. The van der Waals surface area contributed by atoms with Crippen LogP contribution in [0.1, 0.15) is 11.1 Å². The molecule has 0 saturated heterocycles. The van der Waals surface area contributed by atoms with Gasteiger partial charge in [0.2, 0.25) is 0 Å². The van der Waals surface area contributed by atoms with Crippen LogP contribution in [-0.2, 0) is 6.54 Å². The van der Waals surface area contributed by atoms with Gasteiger partial charge in [0.25, 0.3) is 0 Å². The minimum absolute atomic E-state index is 0.246. The summed E-state index contributed by atoms with van der Waals surface area (Å²) in [5, 5.41) is 5.31. The zero-order valence-corrected chi connectivity index (χ0v) is 13.0. The molecule has 1 N–H and O–H groups in total. The third kappa shape index (κ3) is 3.30. The second-order valence-corrected chi connectivity index (χ2v) is 6.84. The first-order valence-corrected chi connectivity index (χ1v) is 7.45. The number of aryl methyl sites for hydroxylation is 1. The smallest absolute Gasteiger partial charge is 0.139 e. The molecular weight excluding hydrogens is 369 g/mol. The highest BCUT2D eigenvalue weighted by atomic mass is 79.9. The maximum absolute atomic E-state index is 13.4. The van der Waals surface area contributed by atoms with E-state index >= 15 is 0 Å². The lowest BCUT2D eigenvalue weighted by Gasteiger charge is -2.09. The molecule has 0 aliphatic heterocycles. The van der Waals surface area contributed by atoms with Crippen LogP contribution in [0.4, 0.5) is 10.1 Å². The normalized spacial score (nSPS) is 10.6. The molecule has 2 rings (SSSR count). The summed E-state index contributed by atoms with van der Waals surface area (Å²) in [6.07, 6.45) is 0. The van der Waals surface area contributed by atoms with Crippen molar-refractivity contribution in [3.05, 3.63) is 48.8 Å². The molecule has 2 aromatic rings. The van der Waals surface area contributed by atoms with Crippen molar-refractivity contribution in [2.24, 2.45) is 0 Å². The van der Waals surface area contributed by atoms with E-state index in [4.69, 9.17) is 0 Å². The molecule has 0 radical (unpaired) electrons. The van der Waals surface area contributed by atoms with Gasteiger partial charge in [0.15, 0.2) is 0 Å². The van der Waals surface area contributed by atoms with E-state index in [1.165, 1.54) is 11.6 Å². The van der Waals surface area contributed by atoms with Crippen molar-refractivity contribution < 1.29 is 4.39 Å². The van der Waals surface area contributed by atoms with Crippen molar-refractivity contribution >= 4 is 48.9 Å². The number of halogens is 3. The molecule has 5 heteroatoms. The first-order chi connectivity index (χ1) is 8.06. The second kappa shape index (κ2) is 5.50. The van der Waals surface area contributed by atoms with Gasteiger partial charge < -0.3 is 5.32 Å². The molecule has 0 aliphatic carbocycles. The fraction of sp³-hybridized carbons (Fsp3) is 0.167. The van der Waals surface area contributed by atoms with E-state index in [0.29, 0.717) is 11.0 Å². The van der Waals surface area contributed by atoms with Crippen LogP contribution < -0.4 is 5.32 Å². The fourth-order valence-corrected chi connectivity index (χ4v) is 3.14. The lowest BCUT2D eigenvalue weighted by molar-refractivity contribution is 0.621. The maximum atomic E-state index is 13.4. The summed E-state index contributed by atoms with van der Waals surface area (Å²) in [4.78, 5) is 0. The van der Waals surface area contributed by atoms with E-state index in [1.807, 2.05) is 6.92 Å². The Labute approximate surface area is 120 Å². The summed E-state index contributed by atoms with van der Waals surface area (Å²) >= 11 is 8.24. The van der Waals surface area contributed by atoms with Gasteiger partial charge in [0.1, 0.15) is 5.82 Å². The maximum Gasteiger partial charge on any atom is 0.139 e. The zero-order valence-electron chi connectivity index (χ0n) is 9.06. The van der Waals surface area contributed by atoms with Crippen LogP contribution in [0.2, 0.25) is 0 Å². The van der Waals surface area contributed by atoms with Gasteiger partial charge in [0.05, 0.1) is 8.26 Å². The lowest BCUT2D eigenvalue weighted by atomic mass is 10.2. The topological polar surface area (TPSA) is 12.0 Å². The number of nitrogens with one attached hydrogen (secondary N) is 1. The Morgan fingerprint density at radius 1 is 1.29 bits per heavy atom. The Hall–Kier alpha value is -0.390. The number of hydrogen-bond donors (Lipinski definition) is 1. The summed E-state index contributed by atoms with van der Waals surface area (Å²) in [6.45, 7) is 2.65. The predicted octanol–water partition coefficient (Wildman–Crippen LogP) is 5.33. The summed E-state index contributed by atoms with van der Waals surface area (Å²) in [5.41, 5.74) is 3.03. The summed E-state index contributed by atoms with van der Waals surface area (Å²) < 4.78 is 15.0. The van der Waals surface area contributed by atoms with Gasteiger partial charge in [-0.1, -0.05) is 0 Å². The SMILES string of the molecule is Cc1cc(Br)c(F)cc1NCc1csc(Br)c1. The summed E-state index contributed by atoms with van der Waals surface area (Å²) in [5.74, 6) is -0.246. The third-order valence-electron chi connectivity index (χ3n) is 2.37. The number of benzene rings is 1. The van der Waals surface area contributed by atoms with Crippen LogP contribution >= 0.6 is 43.2 Å². The van der Waals surface area contributed by atoms with Gasteiger partial charge in [-0.05, 0) is 73.5 Å². The average molecular weight is 379 g/mol. The number of anilines is 1. The molecule has 0 saturated carbocycles. The molecule has 0 bridgehead atoms. The Kier molecular flexibility index (Phi) is 4.22. The molecule has 1 heterocycles. The van der Waals surface area contributed by atoms with E-state index in [2.05, 4.69) is 48.6 Å². The molecule has 0 atom stereocenters. The van der Waals surface area contributed by atoms with Crippen LogP contribution in [0.25, 0.3) is 0 Å². The van der Waals surface area contributed by atoms with Crippen molar-refractivity contribution in [3.63, 3.8) is 0 Å². The molecule has 1 aromatic carbocycles. The van der Waals surface area contributed by atoms with Crippen molar-refractivity contribution in [3.8, 4) is 0 Å². The highest BCUT2D eigenvalue weighted by Crippen LogP contribution is 2.25. The Morgan fingerprint density at radius 2 is 2.06 bits per heavy atom. The standard InChI is InChI=1S/C12H10Br2FNS/c1-7-2-9(13)10(15)4-11(7)16-5-8-3-12(14)17-6-8/h2-4,6,16H,5H2,1H3. The van der Waals surface area contributed by atoms with Gasteiger partial charge in [0, 0.05) is 12.2 Å². The molecule has 1 nitrogen and oxygen atoms in total. The van der Waals surface area contributed by atoms with Gasteiger partial charge in [-0.2, -0.15) is 0 Å². The molecule has 0 fully saturated rings. The summed E-state index contributed by atoms with van der Waals surface area (Å²) in [7, 11) is 0. The van der Waals surface area contributed by atoms with E-state index in [9.17, 15) is 4.39 Å². The first-order valence-electron chi connectivity index (χ1n) is 4.98. The molecule has 17 heavy (non-hydrogen) atoms. The Balaban J connectivity index is 2.11. The fourth-order valence-electron chi connectivity index (χ4n) is 1.47. The van der Waals surface area contributed by atoms with Crippen molar-refractivity contribution in [1.82, 2.24) is 0 Å². The van der Waals surface area contributed by atoms with Gasteiger partial charge in [-0.15, -0.1) is 11.3 Å². The van der Waals surface area contributed by atoms with Crippen molar-refractivity contribution in [2.75, 3.05) is 5.32 Å². The van der Waals surface area contributed by atoms with Crippen LogP contribution in [0, 0.1) is 12.7 Å². The molecule has 0 unspecified atom stereocenters. The van der Waals surface area contributed by atoms with Gasteiger partial charge in [-0.25, -0.2) is 4.39 Å². The molecular formula is C12H10Br2FNS. The second-order valence-electron chi connectivity index (χ2n) is 3.69. The molecule has 1 aromatic heterocycles. The molecule has 90 valence electrons. The molecule has 0 amide bonds. The number of hydrogen-bond acceptors (Lipinski definition) is 2. The number of thiophene rings is 1. The lowest BCUT2D eigenvalue weighted by Crippen LogP contribution is -2.00. The third-order valence-corrected chi connectivity index (χ3v) is 4.53. The Bertz CT molecular complexity index is 539.